The lowest BCUT2D eigenvalue weighted by atomic mass is 10.4. The van der Waals surface area contributed by atoms with E-state index in [4.69, 9.17) is 0 Å². The topological polar surface area (TPSA) is 57.2 Å². The quantitative estimate of drug-likeness (QED) is 0.552. The molecule has 0 fully saturated rings. The molecule has 6 heteroatoms. The molecule has 4 nitrogen and oxygen atoms in total. The summed E-state index contributed by atoms with van der Waals surface area (Å²) in [5.74, 6) is -1.01. The fraction of sp³-hybridized carbons (Fsp3) is 0.400. The van der Waals surface area contributed by atoms with Crippen LogP contribution in [0.4, 0.5) is 4.39 Å². The fourth-order valence-corrected chi connectivity index (χ4v) is 1.20. The van der Waals surface area contributed by atoms with Gasteiger partial charge in [0, 0.05) is 0 Å². The van der Waals surface area contributed by atoms with Crippen LogP contribution in [0, 0.1) is 5.82 Å². The van der Waals surface area contributed by atoms with E-state index in [9.17, 15) is 17.4 Å². The largest absolute Gasteiger partial charge is 0.744 e. The molecule has 0 aliphatic carbocycles. The van der Waals surface area contributed by atoms with Crippen molar-refractivity contribution in [3.8, 4) is 0 Å². The van der Waals surface area contributed by atoms with Crippen molar-refractivity contribution >= 4 is 10.1 Å². The first-order chi connectivity index (χ1) is 7.02. The summed E-state index contributed by atoms with van der Waals surface area (Å²) in [7, 11) is 3.84. The highest BCUT2D eigenvalue weighted by Crippen LogP contribution is 2.11. The van der Waals surface area contributed by atoms with Gasteiger partial charge in [-0.1, -0.05) is 12.1 Å². The molecule has 0 aromatic heterocycles. The number of quaternary nitrogens is 1. The minimum Gasteiger partial charge on any atom is -0.744 e. The lowest BCUT2D eigenvalue weighted by Gasteiger charge is -2.14. The van der Waals surface area contributed by atoms with Crippen LogP contribution in [0.2, 0.25) is 0 Å². The normalized spacial score (nSPS) is 11.6. The van der Waals surface area contributed by atoms with Gasteiger partial charge in [-0.15, -0.1) is 0 Å². The van der Waals surface area contributed by atoms with Gasteiger partial charge in [0.25, 0.3) is 0 Å². The van der Waals surface area contributed by atoms with Gasteiger partial charge in [-0.3, -0.25) is 0 Å². The van der Waals surface area contributed by atoms with Gasteiger partial charge in [-0.2, -0.15) is 0 Å². The number of hydrogen-bond acceptors (Lipinski definition) is 3. The average molecular weight is 249 g/mol. The van der Waals surface area contributed by atoms with Crippen molar-refractivity contribution in [3.05, 3.63) is 30.1 Å². The van der Waals surface area contributed by atoms with Crippen molar-refractivity contribution < 1.29 is 21.8 Å². The summed E-state index contributed by atoms with van der Waals surface area (Å²) in [6, 6.07) is 4.44. The van der Waals surface area contributed by atoms with E-state index in [1.165, 1.54) is 12.1 Å². The van der Waals surface area contributed by atoms with Crippen LogP contribution in [-0.2, 0) is 10.1 Å². The molecule has 0 saturated carbocycles. The third-order valence-electron chi connectivity index (χ3n) is 1.11. The Morgan fingerprint density at radius 2 is 1.50 bits per heavy atom. The van der Waals surface area contributed by atoms with Crippen LogP contribution >= 0.6 is 0 Å². The Balaban J connectivity index is 0.000000385. The van der Waals surface area contributed by atoms with E-state index in [0.717, 1.165) is 16.6 Å². The van der Waals surface area contributed by atoms with E-state index in [1.807, 2.05) is 0 Å². The van der Waals surface area contributed by atoms with Crippen molar-refractivity contribution in [2.24, 2.45) is 0 Å². The zero-order chi connectivity index (χ0) is 13.0. The van der Waals surface area contributed by atoms with E-state index in [0.29, 0.717) is 0 Å². The van der Waals surface area contributed by atoms with Crippen LogP contribution in [0.1, 0.15) is 0 Å². The Hall–Kier alpha value is -0.980. The zero-order valence-electron chi connectivity index (χ0n) is 9.77. The summed E-state index contributed by atoms with van der Waals surface area (Å²) in [6.45, 7) is 0. The number of benzene rings is 1. The van der Waals surface area contributed by atoms with Gasteiger partial charge >= 0.3 is 0 Å². The first-order valence-electron chi connectivity index (χ1n) is 4.51. The van der Waals surface area contributed by atoms with E-state index in [2.05, 4.69) is 28.2 Å². The predicted molar refractivity (Wildman–Crippen MR) is 58.3 cm³/mol. The molecule has 92 valence electrons. The maximum absolute atomic E-state index is 12.5. The van der Waals surface area contributed by atoms with Crippen molar-refractivity contribution in [2.75, 3.05) is 28.2 Å². The molecule has 0 heterocycles. The highest BCUT2D eigenvalue weighted by atomic mass is 32.2. The first kappa shape index (κ1) is 15.0. The van der Waals surface area contributed by atoms with Gasteiger partial charge in [0.15, 0.2) is 0 Å². The van der Waals surface area contributed by atoms with Crippen molar-refractivity contribution in [1.82, 2.24) is 0 Å². The third-order valence-corrected chi connectivity index (χ3v) is 1.98. The summed E-state index contributed by atoms with van der Waals surface area (Å²) >= 11 is 0. The summed E-state index contributed by atoms with van der Waals surface area (Å²) in [6.07, 6.45) is 0. The Labute approximate surface area is 95.7 Å². The molecule has 0 atom stereocenters. The molecule has 0 bridgehead atoms. The molecule has 0 N–H and O–H groups in total. The van der Waals surface area contributed by atoms with Gasteiger partial charge in [0.2, 0.25) is 0 Å². The summed E-state index contributed by atoms with van der Waals surface area (Å²) in [5, 5.41) is 0. The molecule has 0 radical (unpaired) electrons. The van der Waals surface area contributed by atoms with Crippen LogP contribution < -0.4 is 0 Å². The molecule has 1 aromatic carbocycles. The Morgan fingerprint density at radius 1 is 1.12 bits per heavy atom. The molecule has 0 spiro atoms. The van der Waals surface area contributed by atoms with E-state index in [1.54, 1.807) is 0 Å². The minimum atomic E-state index is -4.66. The van der Waals surface area contributed by atoms with Gasteiger partial charge in [0.05, 0.1) is 33.1 Å². The van der Waals surface area contributed by atoms with Gasteiger partial charge in [-0.05, 0) is 12.1 Å². The summed E-state index contributed by atoms with van der Waals surface area (Å²) in [4.78, 5) is -0.806. The second-order valence-electron chi connectivity index (χ2n) is 4.57. The predicted octanol–water partition coefficient (Wildman–Crippen LogP) is 1.05. The number of rotatable bonds is 1. The van der Waals surface area contributed by atoms with Crippen LogP contribution in [0.25, 0.3) is 0 Å². The summed E-state index contributed by atoms with van der Waals surface area (Å²) in [5.41, 5.74) is 0. The zero-order valence-corrected chi connectivity index (χ0v) is 10.6. The second-order valence-corrected chi connectivity index (χ2v) is 5.92. The van der Waals surface area contributed by atoms with Crippen molar-refractivity contribution in [1.29, 1.82) is 0 Å². The SMILES string of the molecule is C[N+](C)(C)C.O=S(=O)([O-])c1ccccc1F. The molecule has 0 aliphatic heterocycles. The Kier molecular flexibility index (Phi) is 5.05. The van der Waals surface area contributed by atoms with Crippen molar-refractivity contribution in [3.63, 3.8) is 0 Å². The van der Waals surface area contributed by atoms with E-state index >= 15 is 0 Å². The molecule has 0 unspecified atom stereocenters. The molecular formula is C10H16FNO3S. The lowest BCUT2D eigenvalue weighted by Crippen LogP contribution is -2.27. The number of hydrogen-bond donors (Lipinski definition) is 0. The second kappa shape index (κ2) is 5.38. The van der Waals surface area contributed by atoms with Crippen molar-refractivity contribution in [2.45, 2.75) is 4.90 Å². The van der Waals surface area contributed by atoms with Gasteiger partial charge < -0.3 is 9.04 Å². The fourth-order valence-electron chi connectivity index (χ4n) is 0.647. The molecule has 0 aliphatic rings. The van der Waals surface area contributed by atoms with Crippen LogP contribution in [0.15, 0.2) is 29.2 Å². The maximum atomic E-state index is 12.5. The highest BCUT2D eigenvalue weighted by molar-refractivity contribution is 7.85. The van der Waals surface area contributed by atoms with E-state index in [-0.39, 0.29) is 0 Å². The smallest absolute Gasteiger partial charge is 0.140 e. The lowest BCUT2D eigenvalue weighted by molar-refractivity contribution is -0.849. The first-order valence-corrected chi connectivity index (χ1v) is 5.92. The van der Waals surface area contributed by atoms with Gasteiger partial charge in [0.1, 0.15) is 15.9 Å². The molecule has 1 aromatic rings. The third kappa shape index (κ3) is 7.33. The monoisotopic (exact) mass is 249 g/mol. The molecule has 0 saturated heterocycles. The number of halogens is 1. The number of nitrogens with zero attached hydrogens (tertiary/aromatic N) is 1. The minimum absolute atomic E-state index is 0.806. The standard InChI is InChI=1S/C6H5FO3S.C4H12N/c7-5-3-1-2-4-6(5)11(8,9)10;1-5(2,3)4/h1-4H,(H,8,9,10);1-4H3/q;+1/p-1. The average Bonchev–Trinajstić information content (AvgIpc) is 1.99. The summed E-state index contributed by atoms with van der Waals surface area (Å²) < 4.78 is 44.3. The van der Waals surface area contributed by atoms with Crippen LogP contribution in [0.5, 0.6) is 0 Å². The van der Waals surface area contributed by atoms with Gasteiger partial charge in [-0.25, -0.2) is 12.8 Å². The Bertz CT molecular complexity index is 432. The van der Waals surface area contributed by atoms with Crippen LogP contribution in [-0.4, -0.2) is 45.6 Å². The maximum Gasteiger partial charge on any atom is 0.140 e. The Morgan fingerprint density at radius 3 is 1.75 bits per heavy atom. The molecular weight excluding hydrogens is 233 g/mol. The molecule has 1 rings (SSSR count). The van der Waals surface area contributed by atoms with Crippen LogP contribution in [0.3, 0.4) is 0 Å². The highest BCUT2D eigenvalue weighted by Gasteiger charge is 2.05. The molecule has 16 heavy (non-hydrogen) atoms. The van der Waals surface area contributed by atoms with E-state index < -0.39 is 20.8 Å². The molecule has 0 amide bonds.